The van der Waals surface area contributed by atoms with Crippen LogP contribution in [0.25, 0.3) is 0 Å². The number of rotatable bonds is 0. The van der Waals surface area contributed by atoms with E-state index < -0.39 is 0 Å². The molecule has 15 heavy (non-hydrogen) atoms. The van der Waals surface area contributed by atoms with Gasteiger partial charge in [-0.25, -0.2) is 0 Å². The topological polar surface area (TPSA) is 17.1 Å². The fraction of sp³-hybridized carbons (Fsp3) is 0.786. The van der Waals surface area contributed by atoms with Crippen LogP contribution in [-0.4, -0.2) is 5.78 Å². The Hall–Kier alpha value is -0.590. The van der Waals surface area contributed by atoms with Crippen LogP contribution in [0.4, 0.5) is 0 Å². The minimum Gasteiger partial charge on any atom is -0.299 e. The molecule has 0 aromatic heterocycles. The normalized spacial score (nSPS) is 40.4. The standard InChI is InChI=1S/C14H20O/c15-13-7-3-5-11-9-8-10-4-1-2-6-12(10)14(11)13/h8,11-12,14H,1-7,9H2/t11-,12-,14-/m1/s1. The number of Topliss-reactive ketones (excluding diaryl/α,β-unsaturated/α-hetero) is 1. The molecule has 0 amide bonds. The first-order chi connectivity index (χ1) is 7.36. The van der Waals surface area contributed by atoms with E-state index in [-0.39, 0.29) is 0 Å². The Morgan fingerprint density at radius 3 is 2.93 bits per heavy atom. The van der Waals surface area contributed by atoms with Gasteiger partial charge in [-0.3, -0.25) is 4.79 Å². The third-order valence-electron chi connectivity index (χ3n) is 4.70. The van der Waals surface area contributed by atoms with E-state index in [1.54, 1.807) is 5.57 Å². The second kappa shape index (κ2) is 3.77. The Bertz CT molecular complexity index is 302. The van der Waals surface area contributed by atoms with Gasteiger partial charge in [0.25, 0.3) is 0 Å². The lowest BCUT2D eigenvalue weighted by molar-refractivity contribution is -0.129. The summed E-state index contributed by atoms with van der Waals surface area (Å²) in [6.45, 7) is 0. The zero-order valence-electron chi connectivity index (χ0n) is 9.37. The number of fused-ring (bicyclic) bond motifs is 3. The van der Waals surface area contributed by atoms with Crippen molar-refractivity contribution in [2.75, 3.05) is 0 Å². The van der Waals surface area contributed by atoms with Crippen LogP contribution < -0.4 is 0 Å². The Balaban J connectivity index is 1.89. The van der Waals surface area contributed by atoms with E-state index in [0.29, 0.717) is 23.5 Å². The van der Waals surface area contributed by atoms with Crippen molar-refractivity contribution in [3.63, 3.8) is 0 Å². The highest BCUT2D eigenvalue weighted by Gasteiger charge is 2.41. The van der Waals surface area contributed by atoms with E-state index in [2.05, 4.69) is 6.08 Å². The van der Waals surface area contributed by atoms with E-state index in [9.17, 15) is 4.79 Å². The smallest absolute Gasteiger partial charge is 0.136 e. The first kappa shape index (κ1) is 9.62. The summed E-state index contributed by atoms with van der Waals surface area (Å²) in [5.41, 5.74) is 1.64. The number of hydrogen-bond donors (Lipinski definition) is 0. The Kier molecular flexibility index (Phi) is 2.42. The summed E-state index contributed by atoms with van der Waals surface area (Å²) in [6, 6.07) is 0. The van der Waals surface area contributed by atoms with E-state index in [0.717, 1.165) is 12.8 Å². The van der Waals surface area contributed by atoms with Crippen LogP contribution in [0, 0.1) is 17.8 Å². The molecule has 2 saturated carbocycles. The molecule has 0 unspecified atom stereocenters. The molecule has 0 N–H and O–H groups in total. The molecular formula is C14H20O. The van der Waals surface area contributed by atoms with Gasteiger partial charge in [0.2, 0.25) is 0 Å². The number of carbonyl (C=O) groups is 1. The van der Waals surface area contributed by atoms with Gasteiger partial charge in [0.05, 0.1) is 0 Å². The molecule has 2 fully saturated rings. The van der Waals surface area contributed by atoms with Gasteiger partial charge in [0.15, 0.2) is 0 Å². The molecule has 0 spiro atoms. The summed E-state index contributed by atoms with van der Waals surface area (Å²) >= 11 is 0. The van der Waals surface area contributed by atoms with Gasteiger partial charge >= 0.3 is 0 Å². The predicted octanol–water partition coefficient (Wildman–Crippen LogP) is 3.49. The van der Waals surface area contributed by atoms with Crippen LogP contribution in [0.5, 0.6) is 0 Å². The van der Waals surface area contributed by atoms with Crippen molar-refractivity contribution in [2.24, 2.45) is 17.8 Å². The summed E-state index contributed by atoms with van der Waals surface area (Å²) in [5, 5.41) is 0. The largest absolute Gasteiger partial charge is 0.299 e. The first-order valence-electron chi connectivity index (χ1n) is 6.58. The molecule has 0 aromatic rings. The molecule has 3 atom stereocenters. The van der Waals surface area contributed by atoms with Crippen molar-refractivity contribution in [3.05, 3.63) is 11.6 Å². The Morgan fingerprint density at radius 1 is 1.07 bits per heavy atom. The fourth-order valence-electron chi connectivity index (χ4n) is 4.00. The summed E-state index contributed by atoms with van der Waals surface area (Å²) < 4.78 is 0. The minimum absolute atomic E-state index is 0.430. The molecule has 1 heteroatoms. The Morgan fingerprint density at radius 2 is 2.00 bits per heavy atom. The van der Waals surface area contributed by atoms with E-state index >= 15 is 0 Å². The average molecular weight is 204 g/mol. The molecular weight excluding hydrogens is 184 g/mol. The fourth-order valence-corrected chi connectivity index (χ4v) is 4.00. The van der Waals surface area contributed by atoms with Crippen molar-refractivity contribution in [2.45, 2.75) is 51.4 Å². The van der Waals surface area contributed by atoms with Gasteiger partial charge < -0.3 is 0 Å². The van der Waals surface area contributed by atoms with Gasteiger partial charge in [-0.05, 0) is 50.4 Å². The number of ketones is 1. The minimum atomic E-state index is 0.430. The monoisotopic (exact) mass is 204 g/mol. The molecule has 0 aliphatic heterocycles. The third kappa shape index (κ3) is 1.56. The maximum Gasteiger partial charge on any atom is 0.136 e. The highest BCUT2D eigenvalue weighted by molar-refractivity contribution is 5.83. The van der Waals surface area contributed by atoms with Crippen LogP contribution in [0.1, 0.15) is 51.4 Å². The third-order valence-corrected chi connectivity index (χ3v) is 4.70. The van der Waals surface area contributed by atoms with Crippen LogP contribution in [0.2, 0.25) is 0 Å². The summed E-state index contributed by atoms with van der Waals surface area (Å²) in [7, 11) is 0. The maximum absolute atomic E-state index is 12.1. The van der Waals surface area contributed by atoms with Crippen LogP contribution in [-0.2, 0) is 4.79 Å². The van der Waals surface area contributed by atoms with Gasteiger partial charge in [0.1, 0.15) is 5.78 Å². The second-order valence-electron chi connectivity index (χ2n) is 5.51. The SMILES string of the molecule is O=C1CCC[C@@H]2CC=C3CCCC[C@H]3[C@H]12. The van der Waals surface area contributed by atoms with Crippen LogP contribution in [0.15, 0.2) is 11.6 Å². The van der Waals surface area contributed by atoms with Crippen LogP contribution >= 0.6 is 0 Å². The highest BCUT2D eigenvalue weighted by Crippen LogP contribution is 2.47. The molecule has 0 heterocycles. The number of carbonyl (C=O) groups excluding carboxylic acids is 1. The predicted molar refractivity (Wildman–Crippen MR) is 60.5 cm³/mol. The van der Waals surface area contributed by atoms with Crippen molar-refractivity contribution in [1.82, 2.24) is 0 Å². The lowest BCUT2D eigenvalue weighted by Gasteiger charge is -2.42. The highest BCUT2D eigenvalue weighted by atomic mass is 16.1. The van der Waals surface area contributed by atoms with Gasteiger partial charge in [0, 0.05) is 12.3 Å². The zero-order valence-corrected chi connectivity index (χ0v) is 9.37. The second-order valence-corrected chi connectivity index (χ2v) is 5.51. The molecule has 3 rings (SSSR count). The molecule has 0 saturated heterocycles. The summed E-state index contributed by atoms with van der Waals surface area (Å²) in [6.07, 6.45) is 12.3. The van der Waals surface area contributed by atoms with Crippen LogP contribution in [0.3, 0.4) is 0 Å². The first-order valence-corrected chi connectivity index (χ1v) is 6.58. The Labute approximate surface area is 91.9 Å². The molecule has 1 nitrogen and oxygen atoms in total. The quantitative estimate of drug-likeness (QED) is 0.552. The average Bonchev–Trinajstić information content (AvgIpc) is 2.29. The van der Waals surface area contributed by atoms with E-state index in [1.165, 1.54) is 38.5 Å². The van der Waals surface area contributed by atoms with Crippen molar-refractivity contribution >= 4 is 5.78 Å². The molecule has 0 aromatic carbocycles. The van der Waals surface area contributed by atoms with Gasteiger partial charge in [-0.1, -0.05) is 18.1 Å². The molecule has 3 aliphatic rings. The molecule has 0 bridgehead atoms. The zero-order chi connectivity index (χ0) is 10.3. The van der Waals surface area contributed by atoms with Gasteiger partial charge in [-0.15, -0.1) is 0 Å². The van der Waals surface area contributed by atoms with Crippen molar-refractivity contribution in [3.8, 4) is 0 Å². The molecule has 3 aliphatic carbocycles. The van der Waals surface area contributed by atoms with Gasteiger partial charge in [-0.2, -0.15) is 0 Å². The number of allylic oxidation sites excluding steroid dienone is 2. The number of hydrogen-bond acceptors (Lipinski definition) is 1. The lowest BCUT2D eigenvalue weighted by atomic mass is 9.61. The summed E-state index contributed by atoms with van der Waals surface area (Å²) in [4.78, 5) is 12.1. The van der Waals surface area contributed by atoms with Crippen molar-refractivity contribution < 1.29 is 4.79 Å². The molecule has 0 radical (unpaired) electrons. The summed E-state index contributed by atoms with van der Waals surface area (Å²) in [5.74, 6) is 2.38. The molecule has 82 valence electrons. The maximum atomic E-state index is 12.1. The van der Waals surface area contributed by atoms with Crippen molar-refractivity contribution in [1.29, 1.82) is 0 Å². The van der Waals surface area contributed by atoms with E-state index in [4.69, 9.17) is 0 Å². The lowest BCUT2D eigenvalue weighted by Crippen LogP contribution is -2.38. The van der Waals surface area contributed by atoms with E-state index in [1.807, 2.05) is 0 Å².